The highest BCUT2D eigenvalue weighted by molar-refractivity contribution is 6.04. The van der Waals surface area contributed by atoms with Crippen LogP contribution in [0.1, 0.15) is 15.9 Å². The van der Waals surface area contributed by atoms with Crippen LogP contribution in [-0.4, -0.2) is 58.9 Å². The van der Waals surface area contributed by atoms with E-state index in [4.69, 9.17) is 0 Å². The van der Waals surface area contributed by atoms with Crippen LogP contribution in [0.3, 0.4) is 0 Å². The first-order chi connectivity index (χ1) is 16.4. The molecule has 2 amide bonds. The van der Waals surface area contributed by atoms with Crippen LogP contribution < -0.4 is 10.6 Å². The van der Waals surface area contributed by atoms with Crippen molar-refractivity contribution in [3.63, 3.8) is 0 Å². The third kappa shape index (κ3) is 5.62. The number of aromatic nitrogens is 3. The SMILES string of the molecule is CN(C)CC(=O)Nc1ccc(CCNC(=O)c2ccnc3nc(-c4ccc(F)cc4)[nH]c23)cc1. The highest BCUT2D eigenvalue weighted by Gasteiger charge is 2.15. The molecule has 4 rings (SSSR count). The van der Waals surface area contributed by atoms with E-state index >= 15 is 0 Å². The van der Waals surface area contributed by atoms with Crippen LogP contribution in [0, 0.1) is 5.82 Å². The van der Waals surface area contributed by atoms with E-state index in [1.807, 2.05) is 38.4 Å². The molecule has 2 aromatic heterocycles. The number of anilines is 1. The topological polar surface area (TPSA) is 103 Å². The Morgan fingerprint density at radius 3 is 2.47 bits per heavy atom. The largest absolute Gasteiger partial charge is 0.352 e. The molecule has 0 radical (unpaired) electrons. The third-order valence-electron chi connectivity index (χ3n) is 5.15. The summed E-state index contributed by atoms with van der Waals surface area (Å²) in [5.74, 6) is -0.133. The molecule has 4 aromatic rings. The lowest BCUT2D eigenvalue weighted by Crippen LogP contribution is -2.27. The number of carbonyl (C=O) groups excluding carboxylic acids is 2. The molecule has 0 aliphatic carbocycles. The van der Waals surface area contributed by atoms with E-state index in [0.717, 1.165) is 11.3 Å². The number of aromatic amines is 1. The van der Waals surface area contributed by atoms with Crippen molar-refractivity contribution >= 4 is 28.7 Å². The Labute approximate surface area is 196 Å². The molecule has 0 aliphatic rings. The fourth-order valence-corrected chi connectivity index (χ4v) is 3.50. The number of nitrogens with one attached hydrogen (secondary N) is 3. The molecule has 9 heteroatoms. The van der Waals surface area contributed by atoms with E-state index in [1.54, 1.807) is 23.1 Å². The van der Waals surface area contributed by atoms with E-state index in [2.05, 4.69) is 25.6 Å². The van der Waals surface area contributed by atoms with Gasteiger partial charge < -0.3 is 20.5 Å². The number of carbonyl (C=O) groups is 2. The highest BCUT2D eigenvalue weighted by atomic mass is 19.1. The van der Waals surface area contributed by atoms with E-state index in [0.29, 0.717) is 47.6 Å². The van der Waals surface area contributed by atoms with Gasteiger partial charge in [-0.2, -0.15) is 0 Å². The van der Waals surface area contributed by atoms with Crippen molar-refractivity contribution in [3.8, 4) is 11.4 Å². The maximum absolute atomic E-state index is 13.2. The normalized spacial score (nSPS) is 11.1. The molecule has 0 atom stereocenters. The summed E-state index contributed by atoms with van der Waals surface area (Å²) in [6.07, 6.45) is 2.17. The van der Waals surface area contributed by atoms with Gasteiger partial charge in [0.25, 0.3) is 5.91 Å². The molecule has 0 bridgehead atoms. The number of benzene rings is 2. The minimum atomic E-state index is -0.332. The van der Waals surface area contributed by atoms with Gasteiger partial charge in [0, 0.05) is 24.0 Å². The molecule has 0 saturated heterocycles. The predicted octanol–water partition coefficient (Wildman–Crippen LogP) is 3.24. The highest BCUT2D eigenvalue weighted by Crippen LogP contribution is 2.22. The van der Waals surface area contributed by atoms with Crippen LogP contribution in [0.25, 0.3) is 22.6 Å². The Hall–Kier alpha value is -4.11. The first-order valence-corrected chi connectivity index (χ1v) is 10.8. The summed E-state index contributed by atoms with van der Waals surface area (Å²) >= 11 is 0. The standard InChI is InChI=1S/C25H25FN6O2/c1-32(2)15-21(33)29-19-9-3-16(4-10-19)11-13-28-25(34)20-12-14-27-24-22(20)30-23(31-24)17-5-7-18(26)8-6-17/h3-10,12,14H,11,13,15H2,1-2H3,(H,28,34)(H,29,33)(H,27,30,31). The van der Waals surface area contributed by atoms with Crippen molar-refractivity contribution in [2.45, 2.75) is 6.42 Å². The number of halogens is 1. The quantitative estimate of drug-likeness (QED) is 0.375. The average molecular weight is 461 g/mol. The summed E-state index contributed by atoms with van der Waals surface area (Å²) in [6, 6.07) is 15.1. The van der Waals surface area contributed by atoms with Gasteiger partial charge in [0.15, 0.2) is 5.65 Å². The number of amides is 2. The van der Waals surface area contributed by atoms with Crippen LogP contribution in [0.4, 0.5) is 10.1 Å². The number of hydrogen-bond donors (Lipinski definition) is 3. The summed E-state index contributed by atoms with van der Waals surface area (Å²) in [6.45, 7) is 0.756. The van der Waals surface area contributed by atoms with E-state index < -0.39 is 0 Å². The molecule has 0 saturated carbocycles. The van der Waals surface area contributed by atoms with Gasteiger partial charge in [-0.05, 0) is 68.5 Å². The van der Waals surface area contributed by atoms with Crippen molar-refractivity contribution in [1.82, 2.24) is 25.2 Å². The van der Waals surface area contributed by atoms with Crippen LogP contribution in [0.15, 0.2) is 60.8 Å². The first kappa shape index (κ1) is 23.1. The van der Waals surface area contributed by atoms with Gasteiger partial charge in [0.2, 0.25) is 5.91 Å². The van der Waals surface area contributed by atoms with Crippen LogP contribution in [0.5, 0.6) is 0 Å². The van der Waals surface area contributed by atoms with Gasteiger partial charge in [-0.3, -0.25) is 9.59 Å². The van der Waals surface area contributed by atoms with Crippen LogP contribution in [-0.2, 0) is 11.2 Å². The molecule has 2 aromatic carbocycles. The van der Waals surface area contributed by atoms with Crippen molar-refractivity contribution in [3.05, 3.63) is 77.7 Å². The average Bonchev–Trinajstić information content (AvgIpc) is 3.24. The zero-order valence-corrected chi connectivity index (χ0v) is 18.9. The smallest absolute Gasteiger partial charge is 0.253 e. The minimum absolute atomic E-state index is 0.0740. The van der Waals surface area contributed by atoms with Crippen LogP contribution in [0.2, 0.25) is 0 Å². The van der Waals surface area contributed by atoms with Crippen molar-refractivity contribution in [1.29, 1.82) is 0 Å². The second-order valence-electron chi connectivity index (χ2n) is 8.14. The molecular formula is C25H25FN6O2. The van der Waals surface area contributed by atoms with Crippen LogP contribution >= 0.6 is 0 Å². The zero-order chi connectivity index (χ0) is 24.1. The lowest BCUT2D eigenvalue weighted by Gasteiger charge is -2.10. The van der Waals surface area contributed by atoms with Crippen molar-refractivity contribution < 1.29 is 14.0 Å². The Balaban J connectivity index is 1.37. The molecule has 0 aliphatic heterocycles. The Kier molecular flexibility index (Phi) is 6.93. The second-order valence-corrected chi connectivity index (χ2v) is 8.14. The maximum atomic E-state index is 13.2. The van der Waals surface area contributed by atoms with E-state index in [1.165, 1.54) is 18.3 Å². The number of rotatable bonds is 8. The molecule has 174 valence electrons. The summed E-state index contributed by atoms with van der Waals surface area (Å²) < 4.78 is 13.2. The lowest BCUT2D eigenvalue weighted by molar-refractivity contribution is -0.116. The predicted molar refractivity (Wildman–Crippen MR) is 129 cm³/mol. The summed E-state index contributed by atoms with van der Waals surface area (Å²) in [7, 11) is 3.68. The molecule has 3 N–H and O–H groups in total. The monoisotopic (exact) mass is 460 g/mol. The number of imidazole rings is 1. The minimum Gasteiger partial charge on any atom is -0.352 e. The molecule has 0 spiro atoms. The fourth-order valence-electron chi connectivity index (χ4n) is 3.50. The van der Waals surface area contributed by atoms with Gasteiger partial charge >= 0.3 is 0 Å². The Morgan fingerprint density at radius 2 is 1.76 bits per heavy atom. The summed E-state index contributed by atoms with van der Waals surface area (Å²) in [5, 5.41) is 5.77. The molecule has 0 unspecified atom stereocenters. The van der Waals surface area contributed by atoms with Crippen molar-refractivity contribution in [2.75, 3.05) is 32.5 Å². The number of fused-ring (bicyclic) bond motifs is 1. The van der Waals surface area contributed by atoms with Gasteiger partial charge in [-0.15, -0.1) is 0 Å². The van der Waals surface area contributed by atoms with E-state index in [9.17, 15) is 14.0 Å². The third-order valence-corrected chi connectivity index (χ3v) is 5.15. The van der Waals surface area contributed by atoms with Gasteiger partial charge in [-0.1, -0.05) is 12.1 Å². The van der Waals surface area contributed by atoms with Gasteiger partial charge in [0.1, 0.15) is 11.6 Å². The van der Waals surface area contributed by atoms with Gasteiger partial charge in [0.05, 0.1) is 17.6 Å². The number of H-pyrrole nitrogens is 1. The zero-order valence-electron chi connectivity index (χ0n) is 18.9. The van der Waals surface area contributed by atoms with Crippen molar-refractivity contribution in [2.24, 2.45) is 0 Å². The lowest BCUT2D eigenvalue weighted by atomic mass is 10.1. The molecule has 0 fully saturated rings. The number of hydrogen-bond acceptors (Lipinski definition) is 5. The Morgan fingerprint density at radius 1 is 1.03 bits per heavy atom. The number of nitrogens with zero attached hydrogens (tertiary/aromatic N) is 3. The molecular weight excluding hydrogens is 435 g/mol. The summed E-state index contributed by atoms with van der Waals surface area (Å²) in [4.78, 5) is 38.3. The Bertz CT molecular complexity index is 1300. The molecule has 34 heavy (non-hydrogen) atoms. The fraction of sp³-hybridized carbons (Fsp3) is 0.200. The van der Waals surface area contributed by atoms with Gasteiger partial charge in [-0.25, -0.2) is 14.4 Å². The molecule has 8 nitrogen and oxygen atoms in total. The number of likely N-dealkylation sites (N-methyl/N-ethyl adjacent to an activating group) is 1. The summed E-state index contributed by atoms with van der Waals surface area (Å²) in [5.41, 5.74) is 3.84. The second kappa shape index (κ2) is 10.2. The van der Waals surface area contributed by atoms with E-state index in [-0.39, 0.29) is 17.6 Å². The first-order valence-electron chi connectivity index (χ1n) is 10.8. The number of pyridine rings is 1. The maximum Gasteiger partial charge on any atom is 0.253 e. The molecule has 2 heterocycles.